The molecule has 0 amide bonds. The van der Waals surface area contributed by atoms with Crippen LogP contribution < -0.4 is 5.32 Å². The fourth-order valence-corrected chi connectivity index (χ4v) is 3.81. The quantitative estimate of drug-likeness (QED) is 0.817. The number of amidine groups is 1. The molecule has 2 unspecified atom stereocenters. The van der Waals surface area contributed by atoms with Gasteiger partial charge in [0.05, 0.1) is 6.54 Å². The molecule has 2 rings (SSSR count). The van der Waals surface area contributed by atoms with Crippen molar-refractivity contribution in [1.82, 2.24) is 10.2 Å². The zero-order valence-corrected chi connectivity index (χ0v) is 11.9. The summed E-state index contributed by atoms with van der Waals surface area (Å²) in [5.74, 6) is 0. The van der Waals surface area contributed by atoms with Crippen molar-refractivity contribution >= 4 is 16.9 Å². The number of nitrogens with one attached hydrogen (secondary N) is 1. The van der Waals surface area contributed by atoms with E-state index in [9.17, 15) is 0 Å². The van der Waals surface area contributed by atoms with E-state index in [0.29, 0.717) is 6.04 Å². The van der Waals surface area contributed by atoms with Gasteiger partial charge in [0.25, 0.3) is 0 Å². The van der Waals surface area contributed by atoms with Crippen LogP contribution in [-0.2, 0) is 0 Å². The van der Waals surface area contributed by atoms with E-state index in [1.54, 1.807) is 0 Å². The molecule has 0 aromatic heterocycles. The Bertz CT molecular complexity index is 261. The van der Waals surface area contributed by atoms with Crippen molar-refractivity contribution in [3.63, 3.8) is 0 Å². The second-order valence-corrected chi connectivity index (χ2v) is 6.52. The predicted octanol–water partition coefficient (Wildman–Crippen LogP) is 2.33. The van der Waals surface area contributed by atoms with Crippen molar-refractivity contribution in [3.8, 4) is 0 Å². The SMILES string of the molecule is CCCC1CN=C(NC(C)CN2CCCC2)S1. The van der Waals surface area contributed by atoms with Gasteiger partial charge in [-0.05, 0) is 39.3 Å². The lowest BCUT2D eigenvalue weighted by molar-refractivity contribution is 0.312. The van der Waals surface area contributed by atoms with Gasteiger partial charge in [0, 0.05) is 17.8 Å². The summed E-state index contributed by atoms with van der Waals surface area (Å²) in [6.45, 7) is 9.26. The molecule has 0 spiro atoms. The maximum atomic E-state index is 4.60. The molecular formula is C13H25N3S. The van der Waals surface area contributed by atoms with Gasteiger partial charge < -0.3 is 10.2 Å². The topological polar surface area (TPSA) is 27.6 Å². The molecule has 1 N–H and O–H groups in total. The lowest BCUT2D eigenvalue weighted by Crippen LogP contribution is -2.39. The summed E-state index contributed by atoms with van der Waals surface area (Å²) in [7, 11) is 0. The smallest absolute Gasteiger partial charge is 0.157 e. The highest BCUT2D eigenvalue weighted by molar-refractivity contribution is 8.14. The summed E-state index contributed by atoms with van der Waals surface area (Å²) in [4.78, 5) is 7.16. The fraction of sp³-hybridized carbons (Fsp3) is 0.923. The van der Waals surface area contributed by atoms with Crippen LogP contribution in [-0.4, -0.2) is 47.5 Å². The van der Waals surface area contributed by atoms with Crippen LogP contribution >= 0.6 is 11.8 Å². The first kappa shape index (κ1) is 13.2. The third-order valence-corrected chi connectivity index (χ3v) is 4.62. The lowest BCUT2D eigenvalue weighted by atomic mass is 10.2. The van der Waals surface area contributed by atoms with Crippen LogP contribution in [0.1, 0.15) is 39.5 Å². The largest absolute Gasteiger partial charge is 0.361 e. The minimum absolute atomic E-state index is 0.528. The van der Waals surface area contributed by atoms with Crippen LogP contribution in [0.15, 0.2) is 4.99 Å². The summed E-state index contributed by atoms with van der Waals surface area (Å²) in [5.41, 5.74) is 0. The molecule has 2 aliphatic heterocycles. The first-order valence-electron chi connectivity index (χ1n) is 6.98. The molecule has 0 bridgehead atoms. The van der Waals surface area contributed by atoms with Gasteiger partial charge in [-0.1, -0.05) is 25.1 Å². The van der Waals surface area contributed by atoms with Crippen molar-refractivity contribution in [2.24, 2.45) is 4.99 Å². The second kappa shape index (κ2) is 6.64. The van der Waals surface area contributed by atoms with Gasteiger partial charge in [-0.3, -0.25) is 4.99 Å². The number of rotatable bonds is 5. The fourth-order valence-electron chi connectivity index (χ4n) is 2.58. The Morgan fingerprint density at radius 3 is 2.94 bits per heavy atom. The number of hydrogen-bond donors (Lipinski definition) is 1. The minimum atomic E-state index is 0.528. The van der Waals surface area contributed by atoms with E-state index in [1.165, 1.54) is 43.9 Å². The number of nitrogens with zero attached hydrogens (tertiary/aromatic N) is 2. The van der Waals surface area contributed by atoms with E-state index in [0.717, 1.165) is 18.3 Å². The van der Waals surface area contributed by atoms with Crippen LogP contribution in [0.25, 0.3) is 0 Å². The summed E-state index contributed by atoms with van der Waals surface area (Å²) in [5, 5.41) is 5.47. The second-order valence-electron chi connectivity index (χ2n) is 5.23. The van der Waals surface area contributed by atoms with Crippen molar-refractivity contribution in [2.75, 3.05) is 26.2 Å². The Balaban J connectivity index is 1.66. The molecule has 0 aliphatic carbocycles. The standard InChI is InChI=1S/C13H25N3S/c1-3-6-12-9-14-13(17-12)15-11(2)10-16-7-4-5-8-16/h11-12H,3-10H2,1-2H3,(H,14,15). The van der Waals surface area contributed by atoms with Gasteiger partial charge >= 0.3 is 0 Å². The van der Waals surface area contributed by atoms with Crippen molar-refractivity contribution < 1.29 is 0 Å². The molecule has 98 valence electrons. The van der Waals surface area contributed by atoms with E-state index in [1.807, 2.05) is 11.8 Å². The average molecular weight is 255 g/mol. The maximum absolute atomic E-state index is 4.60. The maximum Gasteiger partial charge on any atom is 0.157 e. The summed E-state index contributed by atoms with van der Waals surface area (Å²) in [6, 6.07) is 0.528. The van der Waals surface area contributed by atoms with Gasteiger partial charge in [0.15, 0.2) is 5.17 Å². The van der Waals surface area contributed by atoms with Gasteiger partial charge in [-0.15, -0.1) is 0 Å². The molecule has 1 fully saturated rings. The molecule has 2 atom stereocenters. The Morgan fingerprint density at radius 1 is 1.47 bits per heavy atom. The highest BCUT2D eigenvalue weighted by Gasteiger charge is 2.21. The third kappa shape index (κ3) is 4.18. The third-order valence-electron chi connectivity index (χ3n) is 3.43. The highest BCUT2D eigenvalue weighted by atomic mass is 32.2. The van der Waals surface area contributed by atoms with E-state index < -0.39 is 0 Å². The number of hydrogen-bond acceptors (Lipinski definition) is 4. The number of aliphatic imine (C=N–C) groups is 1. The van der Waals surface area contributed by atoms with E-state index in [2.05, 4.69) is 29.1 Å². The number of likely N-dealkylation sites (tertiary alicyclic amines) is 1. The molecule has 4 heteroatoms. The normalized spacial score (nSPS) is 27.2. The molecule has 17 heavy (non-hydrogen) atoms. The minimum Gasteiger partial charge on any atom is -0.361 e. The van der Waals surface area contributed by atoms with Crippen LogP contribution in [0.4, 0.5) is 0 Å². The molecular weight excluding hydrogens is 230 g/mol. The molecule has 1 saturated heterocycles. The van der Waals surface area contributed by atoms with E-state index >= 15 is 0 Å². The first-order valence-corrected chi connectivity index (χ1v) is 7.86. The Hall–Kier alpha value is -0.220. The Kier molecular flexibility index (Phi) is 5.16. The van der Waals surface area contributed by atoms with Crippen LogP contribution in [0.2, 0.25) is 0 Å². The lowest BCUT2D eigenvalue weighted by Gasteiger charge is -2.21. The molecule has 0 saturated carbocycles. The van der Waals surface area contributed by atoms with Gasteiger partial charge in [-0.2, -0.15) is 0 Å². The highest BCUT2D eigenvalue weighted by Crippen LogP contribution is 2.23. The monoisotopic (exact) mass is 255 g/mol. The predicted molar refractivity (Wildman–Crippen MR) is 76.9 cm³/mol. The summed E-state index contributed by atoms with van der Waals surface area (Å²) >= 11 is 1.94. The molecule has 0 radical (unpaired) electrons. The first-order chi connectivity index (χ1) is 8.28. The van der Waals surface area contributed by atoms with Crippen LogP contribution in [0, 0.1) is 0 Å². The van der Waals surface area contributed by atoms with Gasteiger partial charge in [0.2, 0.25) is 0 Å². The molecule has 2 heterocycles. The van der Waals surface area contributed by atoms with Crippen LogP contribution in [0.5, 0.6) is 0 Å². The van der Waals surface area contributed by atoms with Crippen molar-refractivity contribution in [3.05, 3.63) is 0 Å². The van der Waals surface area contributed by atoms with Crippen LogP contribution in [0.3, 0.4) is 0 Å². The van der Waals surface area contributed by atoms with Gasteiger partial charge in [0.1, 0.15) is 0 Å². The zero-order chi connectivity index (χ0) is 12.1. The average Bonchev–Trinajstić information content (AvgIpc) is 2.91. The van der Waals surface area contributed by atoms with Crippen molar-refractivity contribution in [1.29, 1.82) is 0 Å². The molecule has 3 nitrogen and oxygen atoms in total. The summed E-state index contributed by atoms with van der Waals surface area (Å²) in [6.07, 6.45) is 5.31. The molecule has 0 aromatic rings. The van der Waals surface area contributed by atoms with Gasteiger partial charge in [-0.25, -0.2) is 0 Å². The zero-order valence-electron chi connectivity index (χ0n) is 11.1. The summed E-state index contributed by atoms with van der Waals surface area (Å²) < 4.78 is 0. The number of thioether (sulfide) groups is 1. The van der Waals surface area contributed by atoms with Crippen molar-refractivity contribution in [2.45, 2.75) is 50.8 Å². The Labute approximate surface area is 109 Å². The van der Waals surface area contributed by atoms with E-state index in [-0.39, 0.29) is 0 Å². The Morgan fingerprint density at radius 2 is 2.24 bits per heavy atom. The molecule has 0 aromatic carbocycles. The molecule has 2 aliphatic rings. The van der Waals surface area contributed by atoms with E-state index in [4.69, 9.17) is 0 Å².